The van der Waals surface area contributed by atoms with Gasteiger partial charge >= 0.3 is 0 Å². The molecule has 0 aliphatic heterocycles. The van der Waals surface area contributed by atoms with Crippen LogP contribution in [0.2, 0.25) is 0 Å². The molecule has 17 heavy (non-hydrogen) atoms. The van der Waals surface area contributed by atoms with Crippen molar-refractivity contribution >= 4 is 5.91 Å². The predicted molar refractivity (Wildman–Crippen MR) is 72.0 cm³/mol. The Balaban J connectivity index is 2.15. The summed E-state index contributed by atoms with van der Waals surface area (Å²) in [6.45, 7) is 3.10. The first-order valence-electron chi connectivity index (χ1n) is 7.20. The van der Waals surface area contributed by atoms with Crippen molar-refractivity contribution in [3.63, 3.8) is 0 Å². The molecule has 0 aromatic rings. The number of rotatable bonds is 6. The van der Waals surface area contributed by atoms with Gasteiger partial charge in [-0.2, -0.15) is 0 Å². The van der Waals surface area contributed by atoms with Gasteiger partial charge in [-0.3, -0.25) is 4.79 Å². The summed E-state index contributed by atoms with van der Waals surface area (Å²) in [6, 6.07) is 0.640. The minimum atomic E-state index is 0.134. The van der Waals surface area contributed by atoms with Gasteiger partial charge in [0.05, 0.1) is 0 Å². The van der Waals surface area contributed by atoms with Crippen LogP contribution in [0.3, 0.4) is 0 Å². The molecule has 0 aromatic heterocycles. The number of carbonyl (C=O) groups excluding carboxylic acids is 1. The van der Waals surface area contributed by atoms with Gasteiger partial charge in [-0.15, -0.1) is 0 Å². The number of carbonyl (C=O) groups is 1. The fourth-order valence-electron chi connectivity index (χ4n) is 2.79. The Morgan fingerprint density at radius 3 is 2.76 bits per heavy atom. The molecular formula is C14H28N2O. The van der Waals surface area contributed by atoms with Crippen LogP contribution in [0, 0.1) is 5.92 Å². The summed E-state index contributed by atoms with van der Waals surface area (Å²) in [4.78, 5) is 11.1. The molecule has 0 saturated heterocycles. The minimum Gasteiger partial charge on any atom is -0.359 e. The van der Waals surface area contributed by atoms with Gasteiger partial charge in [-0.1, -0.05) is 32.6 Å². The van der Waals surface area contributed by atoms with Crippen molar-refractivity contribution in [1.29, 1.82) is 0 Å². The molecule has 2 atom stereocenters. The Labute approximate surface area is 106 Å². The molecule has 0 bridgehead atoms. The smallest absolute Gasteiger partial charge is 0.221 e. The van der Waals surface area contributed by atoms with Crippen molar-refractivity contribution in [1.82, 2.24) is 10.6 Å². The zero-order valence-corrected chi connectivity index (χ0v) is 11.4. The van der Waals surface area contributed by atoms with E-state index >= 15 is 0 Å². The van der Waals surface area contributed by atoms with Crippen LogP contribution >= 0.6 is 0 Å². The molecule has 0 radical (unpaired) electrons. The van der Waals surface area contributed by atoms with E-state index in [2.05, 4.69) is 17.6 Å². The van der Waals surface area contributed by atoms with Crippen LogP contribution in [-0.2, 0) is 4.79 Å². The Bertz CT molecular complexity index is 218. The summed E-state index contributed by atoms with van der Waals surface area (Å²) < 4.78 is 0. The van der Waals surface area contributed by atoms with Crippen LogP contribution in [0.1, 0.15) is 58.3 Å². The summed E-state index contributed by atoms with van der Waals surface area (Å²) in [6.07, 6.45) is 10.0. The number of hydrogen-bond acceptors (Lipinski definition) is 2. The fraction of sp³-hybridized carbons (Fsp3) is 0.929. The van der Waals surface area contributed by atoms with Gasteiger partial charge in [0.25, 0.3) is 0 Å². The third-order valence-electron chi connectivity index (χ3n) is 3.85. The quantitative estimate of drug-likeness (QED) is 0.700. The van der Waals surface area contributed by atoms with Crippen molar-refractivity contribution in [2.45, 2.75) is 64.3 Å². The Morgan fingerprint density at radius 1 is 1.24 bits per heavy atom. The SMILES string of the molecule is CCCC1CCCC(NCCC(=O)NC)CC1. The first-order chi connectivity index (χ1) is 8.26. The lowest BCUT2D eigenvalue weighted by Gasteiger charge is -2.16. The molecule has 1 rings (SSSR count). The van der Waals surface area contributed by atoms with Gasteiger partial charge in [0.2, 0.25) is 5.91 Å². The van der Waals surface area contributed by atoms with Gasteiger partial charge in [0.1, 0.15) is 0 Å². The number of amides is 1. The van der Waals surface area contributed by atoms with E-state index in [0.29, 0.717) is 12.5 Å². The average molecular weight is 240 g/mol. The van der Waals surface area contributed by atoms with Crippen molar-refractivity contribution in [2.75, 3.05) is 13.6 Å². The third kappa shape index (κ3) is 6.06. The molecule has 0 aromatic carbocycles. The summed E-state index contributed by atoms with van der Waals surface area (Å²) >= 11 is 0. The molecule has 1 fully saturated rings. The Kier molecular flexibility index (Phi) is 7.25. The lowest BCUT2D eigenvalue weighted by atomic mass is 9.95. The minimum absolute atomic E-state index is 0.134. The van der Waals surface area contributed by atoms with Crippen LogP contribution in [0.25, 0.3) is 0 Å². The first-order valence-corrected chi connectivity index (χ1v) is 7.20. The molecule has 2 unspecified atom stereocenters. The summed E-state index contributed by atoms with van der Waals surface area (Å²) in [5, 5.41) is 6.19. The summed E-state index contributed by atoms with van der Waals surface area (Å²) in [5.74, 6) is 1.08. The molecule has 2 N–H and O–H groups in total. The number of nitrogens with one attached hydrogen (secondary N) is 2. The average Bonchev–Trinajstić information content (AvgIpc) is 2.55. The zero-order valence-electron chi connectivity index (χ0n) is 11.4. The lowest BCUT2D eigenvalue weighted by Crippen LogP contribution is -2.32. The largest absolute Gasteiger partial charge is 0.359 e. The summed E-state index contributed by atoms with van der Waals surface area (Å²) in [7, 11) is 1.70. The van der Waals surface area contributed by atoms with Crippen molar-refractivity contribution in [3.8, 4) is 0 Å². The third-order valence-corrected chi connectivity index (χ3v) is 3.85. The maximum Gasteiger partial charge on any atom is 0.221 e. The first kappa shape index (κ1) is 14.5. The topological polar surface area (TPSA) is 41.1 Å². The second kappa shape index (κ2) is 8.51. The summed E-state index contributed by atoms with van der Waals surface area (Å²) in [5.41, 5.74) is 0. The van der Waals surface area contributed by atoms with E-state index in [9.17, 15) is 4.79 Å². The van der Waals surface area contributed by atoms with Gasteiger partial charge < -0.3 is 10.6 Å². The Hall–Kier alpha value is -0.570. The van der Waals surface area contributed by atoms with Crippen LogP contribution in [0.5, 0.6) is 0 Å². The van der Waals surface area contributed by atoms with Gasteiger partial charge in [0.15, 0.2) is 0 Å². The standard InChI is InChI=1S/C14H28N2O/c1-3-5-12-6-4-7-13(9-8-12)16-11-10-14(17)15-2/h12-13,16H,3-11H2,1-2H3,(H,15,17). The molecule has 1 saturated carbocycles. The van der Waals surface area contributed by atoms with E-state index in [0.717, 1.165) is 12.5 Å². The highest BCUT2D eigenvalue weighted by atomic mass is 16.1. The molecule has 3 nitrogen and oxygen atoms in total. The van der Waals surface area contributed by atoms with Gasteiger partial charge in [-0.25, -0.2) is 0 Å². The molecule has 1 aliphatic carbocycles. The van der Waals surface area contributed by atoms with E-state index in [4.69, 9.17) is 0 Å². The maximum atomic E-state index is 11.1. The molecular weight excluding hydrogens is 212 g/mol. The highest BCUT2D eigenvalue weighted by molar-refractivity contribution is 5.75. The normalized spacial score (nSPS) is 25.3. The van der Waals surface area contributed by atoms with E-state index in [-0.39, 0.29) is 5.91 Å². The zero-order chi connectivity index (χ0) is 12.5. The molecule has 100 valence electrons. The Morgan fingerprint density at radius 2 is 2.06 bits per heavy atom. The molecule has 3 heteroatoms. The fourth-order valence-corrected chi connectivity index (χ4v) is 2.79. The van der Waals surface area contributed by atoms with Crippen LogP contribution in [0.4, 0.5) is 0 Å². The van der Waals surface area contributed by atoms with Crippen LogP contribution in [-0.4, -0.2) is 25.5 Å². The lowest BCUT2D eigenvalue weighted by molar-refractivity contribution is -0.120. The van der Waals surface area contributed by atoms with Gasteiger partial charge in [0, 0.05) is 26.1 Å². The molecule has 0 spiro atoms. The van der Waals surface area contributed by atoms with E-state index in [1.807, 2.05) is 0 Å². The predicted octanol–water partition coefficient (Wildman–Crippen LogP) is 2.46. The molecule has 1 amide bonds. The van der Waals surface area contributed by atoms with E-state index in [1.165, 1.54) is 44.9 Å². The second-order valence-electron chi connectivity index (χ2n) is 5.24. The van der Waals surface area contributed by atoms with Crippen molar-refractivity contribution < 1.29 is 4.79 Å². The van der Waals surface area contributed by atoms with Gasteiger partial charge in [-0.05, 0) is 25.2 Å². The highest BCUT2D eigenvalue weighted by Crippen LogP contribution is 2.26. The second-order valence-corrected chi connectivity index (χ2v) is 5.24. The maximum absolute atomic E-state index is 11.1. The molecule has 0 heterocycles. The molecule has 1 aliphatic rings. The highest BCUT2D eigenvalue weighted by Gasteiger charge is 2.17. The van der Waals surface area contributed by atoms with E-state index in [1.54, 1.807) is 7.05 Å². The van der Waals surface area contributed by atoms with Crippen molar-refractivity contribution in [3.05, 3.63) is 0 Å². The number of hydrogen-bond donors (Lipinski definition) is 2. The monoisotopic (exact) mass is 240 g/mol. The van der Waals surface area contributed by atoms with Crippen LogP contribution in [0.15, 0.2) is 0 Å². The van der Waals surface area contributed by atoms with Crippen LogP contribution < -0.4 is 10.6 Å². The van der Waals surface area contributed by atoms with Crippen molar-refractivity contribution in [2.24, 2.45) is 5.92 Å². The van der Waals surface area contributed by atoms with E-state index < -0.39 is 0 Å².